The van der Waals surface area contributed by atoms with Crippen molar-refractivity contribution in [1.82, 2.24) is 25.2 Å². The molecular formula is C26H25FN6O. The van der Waals surface area contributed by atoms with Crippen LogP contribution in [0.1, 0.15) is 33.0 Å². The van der Waals surface area contributed by atoms with E-state index in [1.165, 1.54) is 12.1 Å². The Kier molecular flexibility index (Phi) is 6.77. The fourth-order valence-corrected chi connectivity index (χ4v) is 3.86. The highest BCUT2D eigenvalue weighted by molar-refractivity contribution is 6.08. The van der Waals surface area contributed by atoms with Gasteiger partial charge in [-0.2, -0.15) is 0 Å². The molecule has 0 aliphatic rings. The third-order valence-corrected chi connectivity index (χ3v) is 5.49. The van der Waals surface area contributed by atoms with Crippen LogP contribution in [0.2, 0.25) is 0 Å². The predicted octanol–water partition coefficient (Wildman–Crippen LogP) is 3.84. The van der Waals surface area contributed by atoms with E-state index in [2.05, 4.69) is 15.6 Å². The van der Waals surface area contributed by atoms with Gasteiger partial charge in [-0.25, -0.2) is 14.4 Å². The smallest absolute Gasteiger partial charge is 0.272 e. The summed E-state index contributed by atoms with van der Waals surface area (Å²) in [6, 6.07) is 16.2. The van der Waals surface area contributed by atoms with Crippen LogP contribution in [0.3, 0.4) is 0 Å². The molecule has 0 saturated carbocycles. The lowest BCUT2D eigenvalue weighted by Gasteiger charge is -2.10. The first kappa shape index (κ1) is 22.8. The lowest BCUT2D eigenvalue weighted by molar-refractivity contribution is 0.0947. The van der Waals surface area contributed by atoms with Crippen LogP contribution in [0, 0.1) is 11.2 Å². The molecule has 3 N–H and O–H groups in total. The van der Waals surface area contributed by atoms with Gasteiger partial charge >= 0.3 is 0 Å². The molecule has 0 radical (unpaired) electrons. The molecule has 0 aliphatic carbocycles. The van der Waals surface area contributed by atoms with Gasteiger partial charge in [0.25, 0.3) is 5.91 Å². The average molecular weight is 457 g/mol. The van der Waals surface area contributed by atoms with E-state index in [4.69, 9.17) is 10.4 Å². The topological polar surface area (TPSA) is 95.7 Å². The molecule has 1 amide bonds. The average Bonchev–Trinajstić information content (AvgIpc) is 3.16. The van der Waals surface area contributed by atoms with Crippen molar-refractivity contribution < 1.29 is 9.18 Å². The second-order valence-corrected chi connectivity index (χ2v) is 7.84. The molecule has 172 valence electrons. The van der Waals surface area contributed by atoms with Crippen LogP contribution in [0.5, 0.6) is 0 Å². The van der Waals surface area contributed by atoms with Crippen LogP contribution in [-0.4, -0.2) is 33.7 Å². The first-order valence-corrected chi connectivity index (χ1v) is 10.8. The molecule has 2 aromatic heterocycles. The van der Waals surface area contributed by atoms with Gasteiger partial charge < -0.3 is 20.6 Å². The van der Waals surface area contributed by atoms with E-state index in [1.54, 1.807) is 31.6 Å². The van der Waals surface area contributed by atoms with Crippen molar-refractivity contribution in [3.05, 3.63) is 101 Å². The van der Waals surface area contributed by atoms with E-state index in [1.807, 2.05) is 41.9 Å². The lowest BCUT2D eigenvalue weighted by Crippen LogP contribution is -2.24. The van der Waals surface area contributed by atoms with Gasteiger partial charge in [0.1, 0.15) is 11.6 Å². The second kappa shape index (κ2) is 10.1. The maximum absolute atomic E-state index is 14.2. The van der Waals surface area contributed by atoms with Crippen LogP contribution >= 0.6 is 0 Å². The minimum Gasteiger partial charge on any atom is -0.393 e. The van der Waals surface area contributed by atoms with Gasteiger partial charge in [-0.15, -0.1) is 0 Å². The van der Waals surface area contributed by atoms with E-state index in [0.717, 1.165) is 17.6 Å². The number of fused-ring (bicyclic) bond motifs is 1. The Bertz CT molecular complexity index is 1380. The maximum Gasteiger partial charge on any atom is 0.272 e. The molecular weight excluding hydrogens is 431 g/mol. The zero-order chi connectivity index (χ0) is 24.1. The number of nitrogens with zero attached hydrogens (tertiary/aromatic N) is 3. The summed E-state index contributed by atoms with van der Waals surface area (Å²) in [6.07, 6.45) is 4.96. The minimum absolute atomic E-state index is 0.112. The summed E-state index contributed by atoms with van der Waals surface area (Å²) in [5, 5.41) is 13.2. The molecule has 0 bridgehead atoms. The van der Waals surface area contributed by atoms with E-state index in [-0.39, 0.29) is 18.1 Å². The van der Waals surface area contributed by atoms with Gasteiger partial charge in [-0.3, -0.25) is 4.79 Å². The number of nitrogens with one attached hydrogen (secondary N) is 3. The van der Waals surface area contributed by atoms with Gasteiger partial charge in [-0.1, -0.05) is 30.3 Å². The third-order valence-electron chi connectivity index (χ3n) is 5.49. The molecule has 2 aromatic carbocycles. The van der Waals surface area contributed by atoms with E-state index in [0.29, 0.717) is 34.2 Å². The van der Waals surface area contributed by atoms with Crippen molar-refractivity contribution >= 4 is 28.7 Å². The van der Waals surface area contributed by atoms with Crippen molar-refractivity contribution in [3.63, 3.8) is 0 Å². The molecule has 0 fully saturated rings. The highest BCUT2D eigenvalue weighted by Gasteiger charge is 2.18. The Balaban J connectivity index is 1.58. The standard InChI is InChI=1S/C26H25FN6O/c1-29-16-20(14-28)19-10-18(11-21(27)13-19)15-31-26(34)24-25-22(8-9-30-24)32-23(33(25)2)12-17-6-4-3-5-7-17/h3-11,13-14,16,28-29H,12,15H2,1-2H3,(H,31,34)/b20-16+,28-14?. The Morgan fingerprint density at radius 1 is 1.15 bits per heavy atom. The lowest BCUT2D eigenvalue weighted by atomic mass is 10.0. The molecule has 0 aliphatic heterocycles. The fraction of sp³-hybridized carbons (Fsp3) is 0.154. The van der Waals surface area contributed by atoms with Crippen LogP contribution < -0.4 is 10.6 Å². The van der Waals surface area contributed by atoms with Crippen LogP contribution in [0.25, 0.3) is 16.6 Å². The summed E-state index contributed by atoms with van der Waals surface area (Å²) >= 11 is 0. The van der Waals surface area contributed by atoms with Gasteiger partial charge in [0.05, 0.1) is 11.0 Å². The first-order chi connectivity index (χ1) is 16.5. The number of benzene rings is 2. The maximum atomic E-state index is 14.2. The van der Waals surface area contributed by atoms with Crippen molar-refractivity contribution in [3.8, 4) is 0 Å². The number of hydrogen-bond acceptors (Lipinski definition) is 5. The normalized spacial score (nSPS) is 11.4. The van der Waals surface area contributed by atoms with E-state index >= 15 is 0 Å². The molecule has 8 heteroatoms. The molecule has 0 spiro atoms. The van der Waals surface area contributed by atoms with Gasteiger partial charge in [-0.05, 0) is 41.0 Å². The van der Waals surface area contributed by atoms with Gasteiger partial charge in [0.15, 0.2) is 5.69 Å². The van der Waals surface area contributed by atoms with Gasteiger partial charge in [0, 0.05) is 51.2 Å². The number of carbonyl (C=O) groups excluding carboxylic acids is 1. The number of carbonyl (C=O) groups is 1. The number of aryl methyl sites for hydroxylation is 1. The Labute approximate surface area is 196 Å². The highest BCUT2D eigenvalue weighted by Crippen LogP contribution is 2.21. The third kappa shape index (κ3) is 4.85. The van der Waals surface area contributed by atoms with Crippen LogP contribution in [0.4, 0.5) is 4.39 Å². The fourth-order valence-electron chi connectivity index (χ4n) is 3.86. The van der Waals surface area contributed by atoms with Crippen LogP contribution in [0.15, 0.2) is 67.0 Å². The zero-order valence-corrected chi connectivity index (χ0v) is 19.0. The highest BCUT2D eigenvalue weighted by atomic mass is 19.1. The largest absolute Gasteiger partial charge is 0.393 e. The number of pyridine rings is 1. The second-order valence-electron chi connectivity index (χ2n) is 7.84. The predicted molar refractivity (Wildman–Crippen MR) is 131 cm³/mol. The summed E-state index contributed by atoms with van der Waals surface area (Å²) in [6.45, 7) is 0.112. The molecule has 7 nitrogen and oxygen atoms in total. The number of hydrogen-bond donors (Lipinski definition) is 3. The van der Waals surface area contributed by atoms with Crippen LogP contribution in [-0.2, 0) is 20.0 Å². The van der Waals surface area contributed by atoms with Crippen molar-refractivity contribution in [2.45, 2.75) is 13.0 Å². The van der Waals surface area contributed by atoms with Crippen molar-refractivity contribution in [2.24, 2.45) is 7.05 Å². The summed E-state index contributed by atoms with van der Waals surface area (Å²) in [5.74, 6) is 0.0141. The van der Waals surface area contributed by atoms with Crippen molar-refractivity contribution in [2.75, 3.05) is 7.05 Å². The van der Waals surface area contributed by atoms with Crippen molar-refractivity contribution in [1.29, 1.82) is 5.41 Å². The number of rotatable bonds is 8. The molecule has 4 rings (SSSR count). The summed E-state index contributed by atoms with van der Waals surface area (Å²) in [7, 11) is 3.58. The summed E-state index contributed by atoms with van der Waals surface area (Å²) < 4.78 is 16.1. The number of aromatic nitrogens is 3. The molecule has 4 aromatic rings. The molecule has 0 atom stereocenters. The zero-order valence-electron chi connectivity index (χ0n) is 19.0. The molecule has 2 heterocycles. The SMILES string of the molecule is CN/C=C(\C=N)c1cc(F)cc(CNC(=O)c2nccc3nc(Cc4ccccc4)n(C)c23)c1. The quantitative estimate of drug-likeness (QED) is 0.351. The number of amides is 1. The summed E-state index contributed by atoms with van der Waals surface area (Å²) in [4.78, 5) is 22.1. The molecule has 0 unspecified atom stereocenters. The molecule has 0 saturated heterocycles. The number of halogens is 1. The first-order valence-electron chi connectivity index (χ1n) is 10.8. The Hall–Kier alpha value is -4.33. The monoisotopic (exact) mass is 456 g/mol. The van der Waals surface area contributed by atoms with E-state index in [9.17, 15) is 9.18 Å². The minimum atomic E-state index is -0.442. The Morgan fingerprint density at radius 3 is 2.68 bits per heavy atom. The Morgan fingerprint density at radius 2 is 1.94 bits per heavy atom. The molecule has 34 heavy (non-hydrogen) atoms. The van der Waals surface area contributed by atoms with Gasteiger partial charge in [0.2, 0.25) is 0 Å². The summed E-state index contributed by atoms with van der Waals surface area (Å²) in [5.41, 5.74) is 4.38. The van der Waals surface area contributed by atoms with E-state index < -0.39 is 5.82 Å². The number of allylic oxidation sites excluding steroid dienone is 1. The number of imidazole rings is 1.